The summed E-state index contributed by atoms with van der Waals surface area (Å²) < 4.78 is 13.4. The number of carbonyl (C=O) groups is 2. The average molecular weight is 452 g/mol. The van der Waals surface area contributed by atoms with Crippen LogP contribution in [0.4, 0.5) is 9.39 Å². The van der Waals surface area contributed by atoms with E-state index in [1.54, 1.807) is 12.1 Å². The highest BCUT2D eigenvalue weighted by atomic mass is 32.1. The topological polar surface area (TPSA) is 61.4 Å². The number of amides is 2. The van der Waals surface area contributed by atoms with Gasteiger partial charge in [-0.05, 0) is 55.2 Å². The maximum atomic E-state index is 13.4. The van der Waals surface area contributed by atoms with Gasteiger partial charge in [0.15, 0.2) is 0 Å². The fourth-order valence-electron chi connectivity index (χ4n) is 3.91. The monoisotopic (exact) mass is 451 g/mol. The Morgan fingerprint density at radius 2 is 1.78 bits per heavy atom. The summed E-state index contributed by atoms with van der Waals surface area (Å²) in [6, 6.07) is 17.9. The zero-order valence-electron chi connectivity index (χ0n) is 17.9. The van der Waals surface area contributed by atoms with Crippen LogP contribution in [0.25, 0.3) is 0 Å². The number of hydrogen-bond donors (Lipinski definition) is 2. The number of aryl methyl sites for hydroxylation is 1. The number of halogens is 1. The predicted molar refractivity (Wildman–Crippen MR) is 126 cm³/mol. The molecule has 0 bridgehead atoms. The molecule has 1 aliphatic heterocycles. The molecule has 2 heterocycles. The summed E-state index contributed by atoms with van der Waals surface area (Å²) in [5, 5.41) is 6.48. The summed E-state index contributed by atoms with van der Waals surface area (Å²) in [5.41, 5.74) is 2.35. The predicted octanol–water partition coefficient (Wildman–Crippen LogP) is 4.84. The highest BCUT2D eigenvalue weighted by Crippen LogP contribution is 2.27. The first kappa shape index (κ1) is 22.2. The molecule has 4 rings (SSSR count). The average Bonchev–Trinajstić information content (AvgIpc) is 3.16. The van der Waals surface area contributed by atoms with Gasteiger partial charge in [0, 0.05) is 31.2 Å². The molecule has 1 fully saturated rings. The van der Waals surface area contributed by atoms with Gasteiger partial charge in [-0.3, -0.25) is 14.5 Å². The first-order valence-electron chi connectivity index (χ1n) is 10.7. The minimum Gasteiger partial charge on any atom is -0.349 e. The Labute approximate surface area is 191 Å². The molecule has 0 unspecified atom stereocenters. The van der Waals surface area contributed by atoms with Gasteiger partial charge in [-0.15, -0.1) is 11.3 Å². The second-order valence-corrected chi connectivity index (χ2v) is 9.15. The first-order chi connectivity index (χ1) is 15.5. The number of likely N-dealkylation sites (tertiary alicyclic amines) is 1. The largest absolute Gasteiger partial charge is 0.349 e. The van der Waals surface area contributed by atoms with E-state index in [-0.39, 0.29) is 17.5 Å². The minimum absolute atomic E-state index is 0.111. The third-order valence-corrected chi connectivity index (χ3v) is 6.77. The van der Waals surface area contributed by atoms with Gasteiger partial charge in [-0.25, -0.2) is 4.39 Å². The molecule has 1 aromatic heterocycles. The highest BCUT2D eigenvalue weighted by molar-refractivity contribution is 7.18. The Morgan fingerprint density at radius 1 is 1.03 bits per heavy atom. The van der Waals surface area contributed by atoms with Crippen LogP contribution in [0.15, 0.2) is 60.7 Å². The second kappa shape index (κ2) is 10.1. The molecule has 0 aliphatic carbocycles. The Bertz CT molecular complexity index is 1090. The van der Waals surface area contributed by atoms with Crippen LogP contribution in [0.3, 0.4) is 0 Å². The van der Waals surface area contributed by atoms with Gasteiger partial charge >= 0.3 is 0 Å². The van der Waals surface area contributed by atoms with Gasteiger partial charge in [0.1, 0.15) is 5.82 Å². The molecule has 2 amide bonds. The third kappa shape index (κ3) is 5.60. The molecule has 0 radical (unpaired) electrons. The Kier molecular flexibility index (Phi) is 6.97. The number of nitrogens with zero attached hydrogens (tertiary/aromatic N) is 1. The van der Waals surface area contributed by atoms with E-state index in [2.05, 4.69) is 39.8 Å². The summed E-state index contributed by atoms with van der Waals surface area (Å²) in [7, 11) is 0. The number of hydrogen-bond acceptors (Lipinski definition) is 4. The molecule has 0 saturated carbocycles. The number of rotatable bonds is 6. The van der Waals surface area contributed by atoms with E-state index in [9.17, 15) is 14.0 Å². The highest BCUT2D eigenvalue weighted by Gasteiger charge is 2.23. The summed E-state index contributed by atoms with van der Waals surface area (Å²) in [5.74, 6) is -0.973. The minimum atomic E-state index is -0.463. The molecule has 0 atom stereocenters. The van der Waals surface area contributed by atoms with Gasteiger partial charge in [0.25, 0.3) is 11.8 Å². The number of carbonyl (C=O) groups excluding carboxylic acids is 2. The molecule has 7 heteroatoms. The second-order valence-electron chi connectivity index (χ2n) is 8.10. The molecule has 166 valence electrons. The van der Waals surface area contributed by atoms with Crippen LogP contribution in [-0.4, -0.2) is 35.8 Å². The lowest BCUT2D eigenvalue weighted by Crippen LogP contribution is -2.44. The van der Waals surface area contributed by atoms with E-state index in [4.69, 9.17) is 0 Å². The van der Waals surface area contributed by atoms with Gasteiger partial charge in [-0.2, -0.15) is 0 Å². The van der Waals surface area contributed by atoms with Crippen molar-refractivity contribution in [3.05, 3.63) is 88.0 Å². The van der Waals surface area contributed by atoms with Crippen molar-refractivity contribution < 1.29 is 14.0 Å². The summed E-state index contributed by atoms with van der Waals surface area (Å²) >= 11 is 1.24. The van der Waals surface area contributed by atoms with Crippen molar-refractivity contribution in [2.75, 3.05) is 18.4 Å². The zero-order valence-corrected chi connectivity index (χ0v) is 18.8. The van der Waals surface area contributed by atoms with Crippen LogP contribution in [0, 0.1) is 12.7 Å². The molecule has 2 N–H and O–H groups in total. The lowest BCUT2D eigenvalue weighted by molar-refractivity contribution is 0.0912. The first-order valence-corrected chi connectivity index (χ1v) is 11.5. The van der Waals surface area contributed by atoms with Crippen LogP contribution >= 0.6 is 11.3 Å². The van der Waals surface area contributed by atoms with Crippen LogP contribution in [0.2, 0.25) is 0 Å². The smallest absolute Gasteiger partial charge is 0.261 e. The fraction of sp³-hybridized carbons (Fsp3) is 0.280. The molecular formula is C25H26FN3O2S. The third-order valence-electron chi connectivity index (χ3n) is 5.62. The maximum absolute atomic E-state index is 13.4. The molecule has 1 aliphatic rings. The van der Waals surface area contributed by atoms with Gasteiger partial charge in [0.2, 0.25) is 0 Å². The lowest BCUT2D eigenvalue weighted by atomic mass is 10.0. The summed E-state index contributed by atoms with van der Waals surface area (Å²) in [4.78, 5) is 28.2. The molecule has 5 nitrogen and oxygen atoms in total. The van der Waals surface area contributed by atoms with Crippen molar-refractivity contribution in [1.29, 1.82) is 0 Å². The van der Waals surface area contributed by atoms with Crippen LogP contribution in [0.5, 0.6) is 0 Å². The van der Waals surface area contributed by atoms with Crippen molar-refractivity contribution in [2.45, 2.75) is 32.4 Å². The van der Waals surface area contributed by atoms with Crippen LogP contribution < -0.4 is 10.6 Å². The number of nitrogens with one attached hydrogen (secondary N) is 2. The summed E-state index contributed by atoms with van der Waals surface area (Å²) in [6.07, 6.45) is 1.82. The van der Waals surface area contributed by atoms with E-state index in [0.29, 0.717) is 9.88 Å². The number of benzene rings is 2. The Balaban J connectivity index is 1.30. The number of thiophene rings is 1. The van der Waals surface area contributed by atoms with Crippen molar-refractivity contribution in [3.8, 4) is 0 Å². The number of piperidine rings is 1. The van der Waals surface area contributed by atoms with Gasteiger partial charge in [0.05, 0.1) is 9.88 Å². The molecular weight excluding hydrogens is 425 g/mol. The SMILES string of the molecule is Cc1cc(NC(=O)c2cccc(F)c2)sc1C(=O)NC1CCN(Cc2ccccc2)CC1. The van der Waals surface area contributed by atoms with E-state index >= 15 is 0 Å². The molecule has 1 saturated heterocycles. The molecule has 2 aromatic carbocycles. The Morgan fingerprint density at radius 3 is 2.50 bits per heavy atom. The van der Waals surface area contributed by atoms with E-state index < -0.39 is 11.7 Å². The van der Waals surface area contributed by atoms with E-state index in [1.165, 1.54) is 35.1 Å². The molecule has 3 aromatic rings. The van der Waals surface area contributed by atoms with Crippen molar-refractivity contribution in [1.82, 2.24) is 10.2 Å². The van der Waals surface area contributed by atoms with Crippen molar-refractivity contribution >= 4 is 28.2 Å². The van der Waals surface area contributed by atoms with E-state index in [0.717, 1.165) is 38.0 Å². The summed E-state index contributed by atoms with van der Waals surface area (Å²) in [6.45, 7) is 4.67. The molecule has 32 heavy (non-hydrogen) atoms. The normalized spacial score (nSPS) is 14.8. The standard InChI is InChI=1S/C25H26FN3O2S/c1-17-14-22(28-24(30)19-8-5-9-20(26)15-19)32-23(17)25(31)27-21-10-12-29(13-11-21)16-18-6-3-2-4-7-18/h2-9,14-15,21H,10-13,16H2,1H3,(H,27,31)(H,28,30). The van der Waals surface area contributed by atoms with Crippen LogP contribution in [0.1, 0.15) is 44.0 Å². The fourth-order valence-corrected chi connectivity index (χ4v) is 4.88. The van der Waals surface area contributed by atoms with Crippen molar-refractivity contribution in [2.24, 2.45) is 0 Å². The van der Waals surface area contributed by atoms with Gasteiger partial charge < -0.3 is 10.6 Å². The van der Waals surface area contributed by atoms with Crippen LogP contribution in [-0.2, 0) is 6.54 Å². The quantitative estimate of drug-likeness (QED) is 0.564. The van der Waals surface area contributed by atoms with E-state index in [1.807, 2.05) is 13.0 Å². The maximum Gasteiger partial charge on any atom is 0.261 e. The molecule has 0 spiro atoms. The van der Waals surface area contributed by atoms with Crippen molar-refractivity contribution in [3.63, 3.8) is 0 Å². The lowest BCUT2D eigenvalue weighted by Gasteiger charge is -2.32. The number of anilines is 1. The Hall–Kier alpha value is -3.03. The zero-order chi connectivity index (χ0) is 22.5. The van der Waals surface area contributed by atoms with Gasteiger partial charge in [-0.1, -0.05) is 36.4 Å².